The molecule has 0 aliphatic carbocycles. The number of imide groups is 2. The number of benzene rings is 2. The smallest absolute Gasteiger partial charge is 0.335 e. The molecule has 0 atom stereocenters. The Labute approximate surface area is 188 Å². The predicted octanol–water partition coefficient (Wildman–Crippen LogP) is 3.93. The summed E-state index contributed by atoms with van der Waals surface area (Å²) in [7, 11) is 0. The zero-order valence-electron chi connectivity index (χ0n) is 15.0. The summed E-state index contributed by atoms with van der Waals surface area (Å²) in [5.41, 5.74) is 1.62. The highest BCUT2D eigenvalue weighted by molar-refractivity contribution is 14.1. The van der Waals surface area contributed by atoms with Crippen LogP contribution in [0.3, 0.4) is 0 Å². The molecule has 0 aromatic heterocycles. The first-order chi connectivity index (χ1) is 13.8. The normalized spacial score (nSPS) is 15.3. The zero-order chi connectivity index (χ0) is 21.1. The third-order valence-corrected chi connectivity index (χ3v) is 5.79. The second-order valence-corrected chi connectivity index (χ2v) is 8.04. The summed E-state index contributed by atoms with van der Waals surface area (Å²) in [5, 5.41) is 10.8. The molecule has 29 heavy (non-hydrogen) atoms. The largest absolute Gasteiger partial charge is 0.478 e. The van der Waals surface area contributed by atoms with Gasteiger partial charge in [-0.15, -0.1) is 0 Å². The molecule has 1 aliphatic rings. The van der Waals surface area contributed by atoms with Crippen LogP contribution >= 0.6 is 38.5 Å². The number of anilines is 1. The molecule has 1 aliphatic heterocycles. The first kappa shape index (κ1) is 21.0. The van der Waals surface area contributed by atoms with Gasteiger partial charge in [-0.2, -0.15) is 5.26 Å². The molecule has 2 aromatic rings. The lowest BCUT2D eigenvalue weighted by Crippen LogP contribution is -2.54. The lowest BCUT2D eigenvalue weighted by molar-refractivity contribution is -0.122. The summed E-state index contributed by atoms with van der Waals surface area (Å²) in [6.07, 6.45) is 1.42. The van der Waals surface area contributed by atoms with Gasteiger partial charge < -0.3 is 4.74 Å². The maximum absolute atomic E-state index is 12.9. The van der Waals surface area contributed by atoms with E-state index in [1.165, 1.54) is 6.08 Å². The molecule has 1 fully saturated rings. The van der Waals surface area contributed by atoms with Gasteiger partial charge in [0.15, 0.2) is 6.61 Å². The van der Waals surface area contributed by atoms with Crippen LogP contribution in [0, 0.1) is 21.8 Å². The van der Waals surface area contributed by atoms with Gasteiger partial charge in [-0.05, 0) is 77.0 Å². The standard InChI is InChI=1S/C20H13BrIN3O4/c1-11-8-13(3-4-15(11)21)25-19(27)14(18(26)24-20(25)28)9-12-2-5-17(16(22)10-12)29-7-6-23/h2-5,8-10H,7H2,1H3,(H,24,26,28)/b14-9+. The summed E-state index contributed by atoms with van der Waals surface area (Å²) < 4.78 is 6.84. The van der Waals surface area contributed by atoms with E-state index in [1.807, 2.05) is 35.6 Å². The number of hydrogen-bond donors (Lipinski definition) is 1. The monoisotopic (exact) mass is 565 g/mol. The first-order valence-electron chi connectivity index (χ1n) is 8.28. The van der Waals surface area contributed by atoms with Crippen molar-refractivity contribution in [3.8, 4) is 11.8 Å². The molecule has 9 heteroatoms. The van der Waals surface area contributed by atoms with Crippen LogP contribution in [0.15, 0.2) is 46.4 Å². The second kappa shape index (κ2) is 8.75. The maximum atomic E-state index is 12.9. The minimum absolute atomic E-state index is 0.0823. The van der Waals surface area contributed by atoms with Crippen molar-refractivity contribution >= 4 is 68.1 Å². The molecule has 0 bridgehead atoms. The van der Waals surface area contributed by atoms with Gasteiger partial charge in [-0.25, -0.2) is 9.69 Å². The van der Waals surface area contributed by atoms with Crippen molar-refractivity contribution in [1.29, 1.82) is 5.26 Å². The van der Waals surface area contributed by atoms with E-state index in [2.05, 4.69) is 21.2 Å². The number of nitriles is 1. The molecule has 1 saturated heterocycles. The van der Waals surface area contributed by atoms with Gasteiger partial charge in [0.1, 0.15) is 17.4 Å². The van der Waals surface area contributed by atoms with Crippen molar-refractivity contribution in [3.05, 3.63) is 61.1 Å². The van der Waals surface area contributed by atoms with Crippen LogP contribution in [0.4, 0.5) is 10.5 Å². The highest BCUT2D eigenvalue weighted by atomic mass is 127. The number of halogens is 2. The van der Waals surface area contributed by atoms with Gasteiger partial charge in [0.25, 0.3) is 11.8 Å². The molecule has 0 unspecified atom stereocenters. The van der Waals surface area contributed by atoms with Crippen LogP contribution < -0.4 is 15.0 Å². The number of hydrogen-bond acceptors (Lipinski definition) is 5. The van der Waals surface area contributed by atoms with Crippen LogP contribution in [0.1, 0.15) is 11.1 Å². The van der Waals surface area contributed by atoms with Crippen molar-refractivity contribution in [2.24, 2.45) is 0 Å². The van der Waals surface area contributed by atoms with Crippen LogP contribution in [0.2, 0.25) is 0 Å². The fourth-order valence-electron chi connectivity index (χ4n) is 2.66. The molecule has 0 radical (unpaired) electrons. The van der Waals surface area contributed by atoms with Crippen molar-refractivity contribution in [2.45, 2.75) is 6.92 Å². The molecule has 1 heterocycles. The average Bonchev–Trinajstić information content (AvgIpc) is 2.67. The van der Waals surface area contributed by atoms with Gasteiger partial charge in [-0.1, -0.05) is 22.0 Å². The Balaban J connectivity index is 1.96. The van der Waals surface area contributed by atoms with E-state index in [1.54, 1.807) is 36.4 Å². The second-order valence-electron chi connectivity index (χ2n) is 6.03. The number of rotatable bonds is 4. The minimum atomic E-state index is -0.797. The van der Waals surface area contributed by atoms with Gasteiger partial charge in [-0.3, -0.25) is 14.9 Å². The fraction of sp³-hybridized carbons (Fsp3) is 0.100. The number of carbonyl (C=O) groups is 3. The Bertz CT molecular complexity index is 1110. The lowest BCUT2D eigenvalue weighted by atomic mass is 10.1. The van der Waals surface area contributed by atoms with Crippen molar-refractivity contribution < 1.29 is 19.1 Å². The number of urea groups is 1. The number of ether oxygens (including phenoxy) is 1. The van der Waals surface area contributed by atoms with Gasteiger partial charge in [0.2, 0.25) is 0 Å². The van der Waals surface area contributed by atoms with Crippen molar-refractivity contribution in [2.75, 3.05) is 11.5 Å². The van der Waals surface area contributed by atoms with Crippen LogP contribution in [0.5, 0.6) is 5.75 Å². The highest BCUT2D eigenvalue weighted by Crippen LogP contribution is 2.27. The number of nitrogens with zero attached hydrogens (tertiary/aromatic N) is 2. The summed E-state index contributed by atoms with van der Waals surface area (Å²) in [6.45, 7) is 1.75. The number of carbonyl (C=O) groups excluding carboxylic acids is 3. The van der Waals surface area contributed by atoms with Crippen LogP contribution in [-0.4, -0.2) is 24.5 Å². The third kappa shape index (κ3) is 4.49. The molecule has 146 valence electrons. The quantitative estimate of drug-likeness (QED) is 0.344. The Kier molecular flexibility index (Phi) is 6.34. The topological polar surface area (TPSA) is 99.5 Å². The van der Waals surface area contributed by atoms with E-state index in [-0.39, 0.29) is 12.2 Å². The molecule has 2 aromatic carbocycles. The molecule has 4 amide bonds. The van der Waals surface area contributed by atoms with Crippen molar-refractivity contribution in [3.63, 3.8) is 0 Å². The van der Waals surface area contributed by atoms with Crippen LogP contribution in [0.25, 0.3) is 6.08 Å². The summed E-state index contributed by atoms with van der Waals surface area (Å²) in [6, 6.07) is 11.1. The number of nitrogens with one attached hydrogen (secondary N) is 1. The number of amides is 4. The molecule has 0 saturated carbocycles. The van der Waals surface area contributed by atoms with Gasteiger partial charge in [0.05, 0.1) is 9.26 Å². The van der Waals surface area contributed by atoms with E-state index in [0.29, 0.717) is 20.6 Å². The summed E-state index contributed by atoms with van der Waals surface area (Å²) in [4.78, 5) is 38.5. The van der Waals surface area contributed by atoms with E-state index >= 15 is 0 Å². The molecule has 0 spiro atoms. The Hall–Kier alpha value is -2.71. The Morgan fingerprint density at radius 1 is 1.24 bits per heavy atom. The van der Waals surface area contributed by atoms with E-state index in [9.17, 15) is 14.4 Å². The summed E-state index contributed by atoms with van der Waals surface area (Å²) >= 11 is 5.41. The molecule has 7 nitrogen and oxygen atoms in total. The molecular formula is C20H13BrIN3O4. The summed E-state index contributed by atoms with van der Waals surface area (Å²) in [5.74, 6) is -0.943. The highest BCUT2D eigenvalue weighted by Gasteiger charge is 2.36. The SMILES string of the molecule is Cc1cc(N2C(=O)NC(=O)/C(=C\c3ccc(OCC#N)c(I)c3)C2=O)ccc1Br. The first-order valence-corrected chi connectivity index (χ1v) is 10.2. The fourth-order valence-corrected chi connectivity index (χ4v) is 3.60. The van der Waals surface area contributed by atoms with E-state index < -0.39 is 17.8 Å². The molecule has 3 rings (SSSR count). The third-order valence-electron chi connectivity index (χ3n) is 4.06. The van der Waals surface area contributed by atoms with Gasteiger partial charge >= 0.3 is 6.03 Å². The lowest BCUT2D eigenvalue weighted by Gasteiger charge is -2.26. The zero-order valence-corrected chi connectivity index (χ0v) is 18.8. The average molecular weight is 566 g/mol. The Morgan fingerprint density at radius 2 is 2.00 bits per heavy atom. The number of aryl methyl sites for hydroxylation is 1. The van der Waals surface area contributed by atoms with E-state index in [4.69, 9.17) is 10.00 Å². The van der Waals surface area contributed by atoms with Gasteiger partial charge in [0, 0.05) is 4.47 Å². The molecule has 1 N–H and O–H groups in total. The Morgan fingerprint density at radius 3 is 2.66 bits per heavy atom. The predicted molar refractivity (Wildman–Crippen MR) is 118 cm³/mol. The molecular weight excluding hydrogens is 553 g/mol. The van der Waals surface area contributed by atoms with E-state index in [0.717, 1.165) is 14.9 Å². The number of barbiturate groups is 1. The maximum Gasteiger partial charge on any atom is 0.335 e. The van der Waals surface area contributed by atoms with Crippen molar-refractivity contribution in [1.82, 2.24) is 5.32 Å². The minimum Gasteiger partial charge on any atom is -0.478 e. The van der Waals surface area contributed by atoms with Crippen LogP contribution in [-0.2, 0) is 9.59 Å².